The van der Waals surface area contributed by atoms with Gasteiger partial charge in [0.2, 0.25) is 5.89 Å². The zero-order chi connectivity index (χ0) is 21.1. The summed E-state index contributed by atoms with van der Waals surface area (Å²) in [6.07, 6.45) is 3.82. The molecule has 2 aromatic heterocycles. The Kier molecular flexibility index (Phi) is 5.69. The molecule has 1 aliphatic rings. The maximum atomic E-state index is 14.6. The van der Waals surface area contributed by atoms with Gasteiger partial charge in [0.1, 0.15) is 23.6 Å². The van der Waals surface area contributed by atoms with Crippen LogP contribution >= 0.6 is 0 Å². The van der Waals surface area contributed by atoms with Gasteiger partial charge in [-0.05, 0) is 37.8 Å². The van der Waals surface area contributed by atoms with Gasteiger partial charge < -0.3 is 24.5 Å². The summed E-state index contributed by atoms with van der Waals surface area (Å²) >= 11 is 0. The van der Waals surface area contributed by atoms with Crippen molar-refractivity contribution in [3.05, 3.63) is 36.3 Å². The molecule has 158 valence electrons. The van der Waals surface area contributed by atoms with Gasteiger partial charge in [-0.1, -0.05) is 0 Å². The number of amides is 2. The van der Waals surface area contributed by atoms with Crippen LogP contribution in [0.5, 0.6) is 11.5 Å². The van der Waals surface area contributed by atoms with Crippen LogP contribution in [-0.4, -0.2) is 42.3 Å². The Morgan fingerprint density at radius 2 is 2.13 bits per heavy atom. The molecule has 9 heteroatoms. The molecule has 0 aliphatic heterocycles. The molecule has 0 saturated heterocycles. The summed E-state index contributed by atoms with van der Waals surface area (Å²) in [6.45, 7) is 2.64. The van der Waals surface area contributed by atoms with Crippen molar-refractivity contribution in [1.29, 1.82) is 0 Å². The summed E-state index contributed by atoms with van der Waals surface area (Å²) in [5.41, 5.74) is 1.10. The van der Waals surface area contributed by atoms with E-state index in [2.05, 4.69) is 20.6 Å². The first-order valence-electron chi connectivity index (χ1n) is 9.82. The number of hydrogen-bond donors (Lipinski definition) is 2. The van der Waals surface area contributed by atoms with Gasteiger partial charge in [0, 0.05) is 19.2 Å². The molecule has 2 heterocycles. The van der Waals surface area contributed by atoms with Gasteiger partial charge in [0.15, 0.2) is 17.1 Å². The molecular formula is C21H23FN4O4. The monoisotopic (exact) mass is 414 g/mol. The average molecular weight is 414 g/mol. The van der Waals surface area contributed by atoms with Crippen LogP contribution < -0.4 is 20.1 Å². The van der Waals surface area contributed by atoms with E-state index >= 15 is 0 Å². The number of hydrogen-bond acceptors (Lipinski definition) is 6. The number of carbonyl (C=O) groups excluding carboxylic acids is 1. The molecule has 1 aliphatic carbocycles. The largest absolute Gasteiger partial charge is 0.493 e. The SMILES string of the molecule is CNC(=O)NC(C)COc1cnc(-c2nc3ccc(OCC4CC4)cc3o2)c(F)c1. The van der Waals surface area contributed by atoms with Crippen molar-refractivity contribution in [2.75, 3.05) is 20.3 Å². The molecular weight excluding hydrogens is 391 g/mol. The first kappa shape index (κ1) is 19.9. The van der Waals surface area contributed by atoms with Crippen molar-refractivity contribution >= 4 is 17.1 Å². The van der Waals surface area contributed by atoms with E-state index in [1.165, 1.54) is 32.2 Å². The highest BCUT2D eigenvalue weighted by Crippen LogP contribution is 2.31. The van der Waals surface area contributed by atoms with Crippen LogP contribution in [0.3, 0.4) is 0 Å². The Morgan fingerprint density at radius 3 is 2.87 bits per heavy atom. The van der Waals surface area contributed by atoms with Crippen LogP contribution in [-0.2, 0) is 0 Å². The van der Waals surface area contributed by atoms with Crippen molar-refractivity contribution in [1.82, 2.24) is 20.6 Å². The topological polar surface area (TPSA) is 98.5 Å². The fourth-order valence-corrected chi connectivity index (χ4v) is 2.81. The lowest BCUT2D eigenvalue weighted by Gasteiger charge is -2.14. The third-order valence-corrected chi connectivity index (χ3v) is 4.67. The molecule has 30 heavy (non-hydrogen) atoms. The normalized spacial score (nSPS) is 14.4. The number of carbonyl (C=O) groups is 1. The minimum absolute atomic E-state index is 0.00414. The Labute approximate surface area is 172 Å². The summed E-state index contributed by atoms with van der Waals surface area (Å²) in [7, 11) is 1.52. The van der Waals surface area contributed by atoms with Crippen molar-refractivity contribution in [2.45, 2.75) is 25.8 Å². The van der Waals surface area contributed by atoms with Gasteiger partial charge in [-0.3, -0.25) is 0 Å². The lowest BCUT2D eigenvalue weighted by atomic mass is 10.3. The predicted molar refractivity (Wildman–Crippen MR) is 108 cm³/mol. The van der Waals surface area contributed by atoms with E-state index in [9.17, 15) is 9.18 Å². The highest BCUT2D eigenvalue weighted by Gasteiger charge is 2.22. The first-order chi connectivity index (χ1) is 14.5. The van der Waals surface area contributed by atoms with Gasteiger partial charge >= 0.3 is 6.03 Å². The number of nitrogens with zero attached hydrogens (tertiary/aromatic N) is 2. The second-order valence-corrected chi connectivity index (χ2v) is 7.34. The van der Waals surface area contributed by atoms with Crippen molar-refractivity contribution < 1.29 is 23.1 Å². The van der Waals surface area contributed by atoms with Crippen molar-refractivity contribution in [3.63, 3.8) is 0 Å². The number of ether oxygens (including phenoxy) is 2. The number of fused-ring (bicyclic) bond motifs is 1. The smallest absolute Gasteiger partial charge is 0.314 e. The number of halogens is 1. The van der Waals surface area contributed by atoms with Gasteiger partial charge in [-0.15, -0.1) is 0 Å². The molecule has 2 N–H and O–H groups in total. The van der Waals surface area contributed by atoms with E-state index in [-0.39, 0.29) is 36.0 Å². The van der Waals surface area contributed by atoms with Gasteiger partial charge in [0.05, 0.1) is 18.8 Å². The molecule has 1 saturated carbocycles. The lowest BCUT2D eigenvalue weighted by molar-refractivity contribution is 0.228. The van der Waals surface area contributed by atoms with Crippen LogP contribution in [0.4, 0.5) is 9.18 Å². The van der Waals surface area contributed by atoms with Crippen molar-refractivity contribution in [3.8, 4) is 23.1 Å². The van der Waals surface area contributed by atoms with Crippen molar-refractivity contribution in [2.24, 2.45) is 5.92 Å². The van der Waals surface area contributed by atoms with E-state index < -0.39 is 5.82 Å². The second kappa shape index (κ2) is 8.56. The number of benzene rings is 1. The Bertz CT molecular complexity index is 1050. The van der Waals surface area contributed by atoms with Gasteiger partial charge in [-0.25, -0.2) is 19.2 Å². The van der Waals surface area contributed by atoms with Crippen LogP contribution in [0, 0.1) is 11.7 Å². The minimum Gasteiger partial charge on any atom is -0.493 e. The summed E-state index contributed by atoms with van der Waals surface area (Å²) in [5.74, 6) is 1.06. The zero-order valence-electron chi connectivity index (χ0n) is 16.8. The highest BCUT2D eigenvalue weighted by molar-refractivity contribution is 5.77. The fourth-order valence-electron chi connectivity index (χ4n) is 2.81. The number of oxazole rings is 1. The lowest BCUT2D eigenvalue weighted by Crippen LogP contribution is -2.41. The summed E-state index contributed by atoms with van der Waals surface area (Å²) < 4.78 is 31.5. The van der Waals surface area contributed by atoms with E-state index in [4.69, 9.17) is 13.9 Å². The summed E-state index contributed by atoms with van der Waals surface area (Å²) in [6, 6.07) is 5.99. The Morgan fingerprint density at radius 1 is 1.30 bits per heavy atom. The van der Waals surface area contributed by atoms with E-state index in [0.29, 0.717) is 29.4 Å². The maximum absolute atomic E-state index is 14.6. The molecule has 0 radical (unpaired) electrons. The van der Waals surface area contributed by atoms with Crippen LogP contribution in [0.1, 0.15) is 19.8 Å². The summed E-state index contributed by atoms with van der Waals surface area (Å²) in [4.78, 5) is 19.7. The quantitative estimate of drug-likeness (QED) is 0.585. The fraction of sp³-hybridized carbons (Fsp3) is 0.381. The number of pyridine rings is 1. The van der Waals surface area contributed by atoms with E-state index in [1.807, 2.05) is 6.07 Å². The molecule has 3 aromatic rings. The third kappa shape index (κ3) is 4.79. The predicted octanol–water partition coefficient (Wildman–Crippen LogP) is 3.51. The number of urea groups is 1. The maximum Gasteiger partial charge on any atom is 0.314 e. The first-order valence-corrected chi connectivity index (χ1v) is 9.82. The van der Waals surface area contributed by atoms with Crippen LogP contribution in [0.2, 0.25) is 0 Å². The average Bonchev–Trinajstić information content (AvgIpc) is 3.47. The molecule has 1 aromatic carbocycles. The Balaban J connectivity index is 1.44. The molecule has 0 bridgehead atoms. The highest BCUT2D eigenvalue weighted by atomic mass is 19.1. The standard InChI is InChI=1S/C21H23FN4O4/c1-12(25-21(27)23-2)10-28-15-7-16(22)19(24-9-15)20-26-17-6-5-14(8-18(17)30-20)29-11-13-3-4-13/h5-9,12-13H,3-4,10-11H2,1-2H3,(H2,23,25,27). The van der Waals surface area contributed by atoms with Gasteiger partial charge in [0.25, 0.3) is 0 Å². The number of nitrogens with one attached hydrogen (secondary N) is 2. The molecule has 2 amide bonds. The number of aromatic nitrogens is 2. The van der Waals surface area contributed by atoms with E-state index in [1.54, 1.807) is 19.1 Å². The molecule has 1 atom stereocenters. The van der Waals surface area contributed by atoms with E-state index in [0.717, 1.165) is 0 Å². The van der Waals surface area contributed by atoms with Crippen LogP contribution in [0.25, 0.3) is 22.7 Å². The second-order valence-electron chi connectivity index (χ2n) is 7.34. The molecule has 0 spiro atoms. The molecule has 1 unspecified atom stereocenters. The van der Waals surface area contributed by atoms with Crippen LogP contribution in [0.15, 0.2) is 34.9 Å². The third-order valence-electron chi connectivity index (χ3n) is 4.67. The summed E-state index contributed by atoms with van der Waals surface area (Å²) in [5, 5.41) is 5.12. The molecule has 8 nitrogen and oxygen atoms in total. The zero-order valence-corrected chi connectivity index (χ0v) is 16.8. The Hall–Kier alpha value is -3.36. The molecule has 4 rings (SSSR count). The molecule has 1 fully saturated rings. The number of rotatable bonds is 8. The minimum atomic E-state index is -0.615. The van der Waals surface area contributed by atoms with Gasteiger partial charge in [-0.2, -0.15) is 0 Å².